The van der Waals surface area contributed by atoms with E-state index in [9.17, 15) is 19.5 Å². The van der Waals surface area contributed by atoms with E-state index in [-0.39, 0.29) is 12.2 Å². The predicted octanol–water partition coefficient (Wildman–Crippen LogP) is 1.55. The van der Waals surface area contributed by atoms with Crippen LogP contribution in [-0.2, 0) is 24.7 Å². The summed E-state index contributed by atoms with van der Waals surface area (Å²) < 4.78 is 10.6. The van der Waals surface area contributed by atoms with Crippen molar-refractivity contribution in [3.05, 3.63) is 48.2 Å². The Morgan fingerprint density at radius 3 is 2.30 bits per heavy atom. The number of furan rings is 1. The van der Waals surface area contributed by atoms with Crippen LogP contribution >= 0.6 is 0 Å². The molecular formula is C22H26O6SeSi. The van der Waals surface area contributed by atoms with E-state index in [1.165, 1.54) is 13.2 Å². The minimum absolute atomic E-state index is 0.00137. The van der Waals surface area contributed by atoms with Crippen LogP contribution in [0.2, 0.25) is 24.0 Å². The number of carbonyl (C=O) groups excluding carboxylic acids is 3. The zero-order valence-electron chi connectivity index (χ0n) is 17.7. The maximum atomic E-state index is 13.3. The molecule has 0 spiro atoms. The number of rotatable bonds is 5. The molecule has 1 N–H and O–H groups in total. The number of benzene rings is 1. The van der Waals surface area contributed by atoms with Crippen LogP contribution < -0.4 is 9.85 Å². The van der Waals surface area contributed by atoms with Gasteiger partial charge in [0, 0.05) is 0 Å². The van der Waals surface area contributed by atoms with Crippen molar-refractivity contribution in [1.29, 1.82) is 0 Å². The molecule has 8 heteroatoms. The topological polar surface area (TPSA) is 93.8 Å². The van der Waals surface area contributed by atoms with Crippen LogP contribution in [0.1, 0.15) is 19.1 Å². The van der Waals surface area contributed by atoms with Gasteiger partial charge in [-0.15, -0.1) is 0 Å². The number of carbonyl (C=O) groups is 3. The Morgan fingerprint density at radius 1 is 1.13 bits per heavy atom. The minimum atomic E-state index is -2.37. The Kier molecular flexibility index (Phi) is 5.99. The molecule has 3 rings (SSSR count). The Morgan fingerprint density at radius 2 is 1.77 bits per heavy atom. The Hall–Kier alpha value is -1.99. The third-order valence-corrected chi connectivity index (χ3v) is 9.92. The van der Waals surface area contributed by atoms with Gasteiger partial charge in [-0.1, -0.05) is 0 Å². The van der Waals surface area contributed by atoms with Crippen LogP contribution in [0, 0.1) is 5.92 Å². The molecule has 0 amide bonds. The van der Waals surface area contributed by atoms with E-state index in [2.05, 4.69) is 19.6 Å². The monoisotopic (exact) mass is 494 g/mol. The molecule has 0 aliphatic heterocycles. The van der Waals surface area contributed by atoms with Crippen LogP contribution in [-0.4, -0.2) is 52.8 Å². The van der Waals surface area contributed by atoms with E-state index >= 15 is 0 Å². The first kappa shape index (κ1) is 22.7. The molecule has 3 atom stereocenters. The van der Waals surface area contributed by atoms with E-state index in [0.29, 0.717) is 5.38 Å². The molecule has 1 saturated carbocycles. The zero-order chi connectivity index (χ0) is 22.3. The van der Waals surface area contributed by atoms with Crippen LogP contribution in [0.3, 0.4) is 0 Å². The summed E-state index contributed by atoms with van der Waals surface area (Å²) in [6.07, 6.45) is -0.00137. The molecule has 1 aromatic heterocycles. The van der Waals surface area contributed by atoms with Gasteiger partial charge in [0.05, 0.1) is 0 Å². The summed E-state index contributed by atoms with van der Waals surface area (Å²) >= 11 is -0.415. The standard InChI is InChI=1S/C22H26O6SeSi/c1-21(29-14-9-7-6-8-10-14)13-15(20(25)27-2)22(26,19(24)18(21)23)16-11-12-17(28-16)30(3,4)5/h6-12,15,26H,13H2,1-5H3/t15-,21+,22-/m0/s1. The summed E-state index contributed by atoms with van der Waals surface area (Å²) in [5.74, 6) is -3.73. The number of ether oxygens (including phenoxy) is 1. The van der Waals surface area contributed by atoms with Crippen LogP contribution in [0.15, 0.2) is 46.9 Å². The Balaban J connectivity index is 2.07. The summed E-state index contributed by atoms with van der Waals surface area (Å²) in [6, 6.07) is 12.6. The van der Waals surface area contributed by atoms with Gasteiger partial charge in [-0.2, -0.15) is 0 Å². The van der Waals surface area contributed by atoms with Crippen molar-refractivity contribution in [3.8, 4) is 0 Å². The summed E-state index contributed by atoms with van der Waals surface area (Å²) in [4.78, 5) is 39.2. The number of ketones is 2. The first-order valence-corrected chi connectivity index (χ1v) is 14.9. The average molecular weight is 493 g/mol. The van der Waals surface area contributed by atoms with Gasteiger partial charge in [0.25, 0.3) is 0 Å². The number of Topliss-reactive ketones (excluding diaryl/α,β-unsaturated/α-hetero) is 2. The molecule has 0 bridgehead atoms. The van der Waals surface area contributed by atoms with Gasteiger partial charge < -0.3 is 0 Å². The summed E-state index contributed by atoms with van der Waals surface area (Å²) in [5, 5.41) is 12.2. The normalized spacial score (nSPS) is 27.2. The van der Waals surface area contributed by atoms with E-state index in [1.54, 1.807) is 13.0 Å². The second kappa shape index (κ2) is 7.93. The van der Waals surface area contributed by atoms with E-state index in [1.807, 2.05) is 30.3 Å². The SMILES string of the molecule is COC(=O)[C@@H]1C[C@@](C)([Se]c2ccccc2)C(=O)C(=O)[C@@]1(O)c1ccc([Si](C)(C)C)o1. The molecule has 0 unspecified atom stereocenters. The summed E-state index contributed by atoms with van der Waals surface area (Å²) in [7, 11) is -0.665. The van der Waals surface area contributed by atoms with Gasteiger partial charge in [-0.25, -0.2) is 0 Å². The van der Waals surface area contributed by atoms with Gasteiger partial charge in [0.1, 0.15) is 0 Å². The summed E-state index contributed by atoms with van der Waals surface area (Å²) in [6.45, 7) is 7.87. The van der Waals surface area contributed by atoms with E-state index in [4.69, 9.17) is 9.15 Å². The number of esters is 1. The molecule has 1 aliphatic rings. The second-order valence-electron chi connectivity index (χ2n) is 8.76. The van der Waals surface area contributed by atoms with Gasteiger partial charge >= 0.3 is 183 Å². The molecule has 2 aromatic rings. The number of hydrogen-bond acceptors (Lipinski definition) is 6. The van der Waals surface area contributed by atoms with Crippen molar-refractivity contribution in [3.63, 3.8) is 0 Å². The van der Waals surface area contributed by atoms with E-state index in [0.717, 1.165) is 4.46 Å². The zero-order valence-corrected chi connectivity index (χ0v) is 20.4. The first-order chi connectivity index (χ1) is 13.9. The van der Waals surface area contributed by atoms with Gasteiger partial charge in [-0.3, -0.25) is 0 Å². The fraction of sp³-hybridized carbons (Fsp3) is 0.409. The van der Waals surface area contributed by atoms with Crippen molar-refractivity contribution >= 4 is 50.4 Å². The fourth-order valence-electron chi connectivity index (χ4n) is 3.66. The molecule has 0 radical (unpaired) electrons. The van der Waals surface area contributed by atoms with Crippen molar-refractivity contribution in [2.45, 2.75) is 42.9 Å². The Labute approximate surface area is 183 Å². The van der Waals surface area contributed by atoms with Crippen LogP contribution in [0.25, 0.3) is 0 Å². The molecule has 1 aliphatic carbocycles. The number of methoxy groups -OCH3 is 1. The number of aliphatic hydroxyl groups is 1. The van der Waals surface area contributed by atoms with Crippen molar-refractivity contribution in [1.82, 2.24) is 0 Å². The molecule has 1 heterocycles. The van der Waals surface area contributed by atoms with Gasteiger partial charge in [0.2, 0.25) is 0 Å². The third kappa shape index (κ3) is 3.85. The predicted molar refractivity (Wildman–Crippen MR) is 116 cm³/mol. The van der Waals surface area contributed by atoms with Crippen LogP contribution in [0.4, 0.5) is 0 Å². The quantitative estimate of drug-likeness (QED) is 0.386. The molecule has 6 nitrogen and oxygen atoms in total. The van der Waals surface area contributed by atoms with E-state index < -0.39 is 56.4 Å². The fourth-order valence-corrected chi connectivity index (χ4v) is 7.28. The molecule has 0 saturated heterocycles. The third-order valence-electron chi connectivity index (χ3n) is 5.42. The van der Waals surface area contributed by atoms with Gasteiger partial charge in [-0.05, 0) is 0 Å². The first-order valence-electron chi connectivity index (χ1n) is 9.68. The molecular weight excluding hydrogens is 467 g/mol. The van der Waals surface area contributed by atoms with Crippen molar-refractivity contribution in [2.75, 3.05) is 7.11 Å². The maximum absolute atomic E-state index is 13.3. The molecule has 30 heavy (non-hydrogen) atoms. The summed E-state index contributed by atoms with van der Waals surface area (Å²) in [5.41, 5.74) is -2.37. The average Bonchev–Trinajstić information content (AvgIpc) is 3.21. The van der Waals surface area contributed by atoms with Crippen molar-refractivity contribution < 1.29 is 28.6 Å². The molecule has 160 valence electrons. The second-order valence-corrected chi connectivity index (χ2v) is 17.1. The molecule has 1 aromatic carbocycles. The Bertz CT molecular complexity index is 979. The number of hydrogen-bond donors (Lipinski definition) is 1. The van der Waals surface area contributed by atoms with Crippen LogP contribution in [0.5, 0.6) is 0 Å². The van der Waals surface area contributed by atoms with Crippen molar-refractivity contribution in [2.24, 2.45) is 5.92 Å². The van der Waals surface area contributed by atoms with Gasteiger partial charge in [0.15, 0.2) is 0 Å². The molecule has 1 fully saturated rings.